The predicted octanol–water partition coefficient (Wildman–Crippen LogP) is 4.02. The minimum atomic E-state index is -4.54. The molecule has 114 valence electrons. The minimum absolute atomic E-state index is 0.176. The largest absolute Gasteiger partial charge is 0.416 e. The van der Waals surface area contributed by atoms with Crippen LogP contribution in [0.4, 0.5) is 23.4 Å². The highest BCUT2D eigenvalue weighted by Gasteiger charge is 2.31. The number of hydrogen-bond donors (Lipinski definition) is 2. The summed E-state index contributed by atoms with van der Waals surface area (Å²) in [5.41, 5.74) is 5.35. The summed E-state index contributed by atoms with van der Waals surface area (Å²) in [5, 5.41) is 6.32. The van der Waals surface area contributed by atoms with Gasteiger partial charge in [-0.15, -0.1) is 0 Å². The van der Waals surface area contributed by atoms with Crippen molar-refractivity contribution in [2.75, 3.05) is 5.73 Å². The van der Waals surface area contributed by atoms with E-state index in [2.05, 4.69) is 10.2 Å². The molecule has 3 N–H and O–H groups in total. The Hall–Kier alpha value is -2.05. The van der Waals surface area contributed by atoms with Gasteiger partial charge in [-0.3, -0.25) is 5.10 Å². The lowest BCUT2D eigenvalue weighted by atomic mass is 9.98. The quantitative estimate of drug-likeness (QED) is 0.841. The van der Waals surface area contributed by atoms with Gasteiger partial charge in [0.2, 0.25) is 0 Å². The zero-order valence-electron chi connectivity index (χ0n) is 11.6. The first-order chi connectivity index (χ1) is 9.70. The van der Waals surface area contributed by atoms with Gasteiger partial charge >= 0.3 is 6.18 Å². The summed E-state index contributed by atoms with van der Waals surface area (Å²) in [7, 11) is 0. The lowest BCUT2D eigenvalue weighted by molar-refractivity contribution is -0.137. The first kappa shape index (κ1) is 15.3. The number of nitrogens with one attached hydrogen (secondary N) is 1. The Morgan fingerprint density at radius 3 is 2.52 bits per heavy atom. The van der Waals surface area contributed by atoms with Crippen molar-refractivity contribution < 1.29 is 17.6 Å². The lowest BCUT2D eigenvalue weighted by Gasteiger charge is -2.11. The van der Waals surface area contributed by atoms with Crippen LogP contribution in [0.1, 0.15) is 25.0 Å². The third-order valence-corrected chi connectivity index (χ3v) is 3.07. The number of nitrogens with zero attached hydrogens (tertiary/aromatic N) is 1. The number of hydrogen-bond acceptors (Lipinski definition) is 2. The standard InChI is InChI=1S/C14H15F4N3/c1-7(2)5-10-12(20-21-13(10)19)9-6-8(14(16,17)18)3-4-11(9)15/h3-4,6-7H,5H2,1-2H3,(H3,19,20,21). The molecular weight excluding hydrogens is 286 g/mol. The van der Waals surface area contributed by atoms with Crippen molar-refractivity contribution in [2.45, 2.75) is 26.4 Å². The van der Waals surface area contributed by atoms with E-state index in [1.165, 1.54) is 0 Å². The van der Waals surface area contributed by atoms with E-state index in [0.29, 0.717) is 18.1 Å². The molecule has 0 amide bonds. The van der Waals surface area contributed by atoms with E-state index in [-0.39, 0.29) is 23.0 Å². The number of halogens is 4. The normalized spacial score (nSPS) is 12.1. The first-order valence-corrected chi connectivity index (χ1v) is 6.40. The van der Waals surface area contributed by atoms with Gasteiger partial charge in [0.05, 0.1) is 11.3 Å². The van der Waals surface area contributed by atoms with E-state index in [0.717, 1.165) is 12.1 Å². The van der Waals surface area contributed by atoms with Crippen LogP contribution in [0.2, 0.25) is 0 Å². The molecule has 0 atom stereocenters. The highest BCUT2D eigenvalue weighted by molar-refractivity contribution is 5.69. The van der Waals surface area contributed by atoms with Crippen LogP contribution in [0.5, 0.6) is 0 Å². The zero-order valence-corrected chi connectivity index (χ0v) is 11.6. The summed E-state index contributed by atoms with van der Waals surface area (Å²) < 4.78 is 52.2. The number of benzene rings is 1. The molecule has 3 nitrogen and oxygen atoms in total. The molecule has 7 heteroatoms. The molecule has 2 rings (SSSR count). The van der Waals surface area contributed by atoms with Crippen molar-refractivity contribution in [2.24, 2.45) is 5.92 Å². The summed E-state index contributed by atoms with van der Waals surface area (Å²) in [6, 6.07) is 2.28. The predicted molar refractivity (Wildman–Crippen MR) is 71.9 cm³/mol. The van der Waals surface area contributed by atoms with Gasteiger partial charge in [0.1, 0.15) is 11.6 Å². The maximum atomic E-state index is 13.9. The van der Waals surface area contributed by atoms with Gasteiger partial charge in [-0.1, -0.05) is 13.8 Å². The molecule has 0 saturated heterocycles. The average Bonchev–Trinajstić information content (AvgIpc) is 2.70. The summed E-state index contributed by atoms with van der Waals surface area (Å²) in [4.78, 5) is 0. The summed E-state index contributed by atoms with van der Waals surface area (Å²) in [6.45, 7) is 3.86. The Morgan fingerprint density at radius 2 is 1.95 bits per heavy atom. The molecule has 21 heavy (non-hydrogen) atoms. The fourth-order valence-electron chi connectivity index (χ4n) is 2.11. The lowest BCUT2D eigenvalue weighted by Crippen LogP contribution is -2.06. The molecule has 0 spiro atoms. The SMILES string of the molecule is CC(C)Cc1c(N)n[nH]c1-c1cc(C(F)(F)F)ccc1F. The van der Waals surface area contributed by atoms with Crippen LogP contribution in [0.25, 0.3) is 11.3 Å². The van der Waals surface area contributed by atoms with E-state index in [1.54, 1.807) is 0 Å². The van der Waals surface area contributed by atoms with Crippen LogP contribution in [0.15, 0.2) is 18.2 Å². The van der Waals surface area contributed by atoms with Crippen molar-refractivity contribution >= 4 is 5.82 Å². The van der Waals surface area contributed by atoms with Crippen LogP contribution < -0.4 is 5.73 Å². The number of aromatic nitrogens is 2. The number of aromatic amines is 1. The number of nitrogens with two attached hydrogens (primary N) is 1. The second-order valence-corrected chi connectivity index (χ2v) is 5.25. The molecule has 0 fully saturated rings. The topological polar surface area (TPSA) is 54.7 Å². The van der Waals surface area contributed by atoms with Crippen molar-refractivity contribution in [3.8, 4) is 11.3 Å². The number of H-pyrrole nitrogens is 1. The highest BCUT2D eigenvalue weighted by Crippen LogP contribution is 2.35. The summed E-state index contributed by atoms with van der Waals surface area (Å²) in [6.07, 6.45) is -4.04. The molecule has 2 aromatic rings. The third kappa shape index (κ3) is 3.17. The molecule has 1 aromatic carbocycles. The van der Waals surface area contributed by atoms with E-state index >= 15 is 0 Å². The van der Waals surface area contributed by atoms with Crippen molar-refractivity contribution in [3.63, 3.8) is 0 Å². The van der Waals surface area contributed by atoms with Crippen LogP contribution in [-0.4, -0.2) is 10.2 Å². The Bertz CT molecular complexity index is 644. The fourth-order valence-corrected chi connectivity index (χ4v) is 2.11. The van der Waals surface area contributed by atoms with Crippen molar-refractivity contribution in [1.82, 2.24) is 10.2 Å². The Morgan fingerprint density at radius 1 is 1.29 bits per heavy atom. The van der Waals surface area contributed by atoms with Gasteiger partial charge in [-0.05, 0) is 30.5 Å². The monoisotopic (exact) mass is 301 g/mol. The van der Waals surface area contributed by atoms with Gasteiger partial charge in [0, 0.05) is 11.1 Å². The fraction of sp³-hybridized carbons (Fsp3) is 0.357. The van der Waals surface area contributed by atoms with E-state index in [1.807, 2.05) is 13.8 Å². The van der Waals surface area contributed by atoms with Crippen molar-refractivity contribution in [1.29, 1.82) is 0 Å². The van der Waals surface area contributed by atoms with Crippen LogP contribution >= 0.6 is 0 Å². The molecule has 0 radical (unpaired) electrons. The molecule has 1 aromatic heterocycles. The van der Waals surface area contributed by atoms with Gasteiger partial charge in [-0.2, -0.15) is 18.3 Å². The second-order valence-electron chi connectivity index (χ2n) is 5.25. The summed E-state index contributed by atoms with van der Waals surface area (Å²) in [5.74, 6) is -0.371. The molecule has 0 aliphatic carbocycles. The number of alkyl halides is 3. The molecule has 1 heterocycles. The van der Waals surface area contributed by atoms with Gasteiger partial charge in [0.25, 0.3) is 0 Å². The van der Waals surface area contributed by atoms with Crippen LogP contribution in [-0.2, 0) is 12.6 Å². The van der Waals surface area contributed by atoms with Crippen LogP contribution in [0.3, 0.4) is 0 Å². The summed E-state index contributed by atoms with van der Waals surface area (Å²) >= 11 is 0. The van der Waals surface area contributed by atoms with Gasteiger partial charge in [0.15, 0.2) is 0 Å². The Balaban J connectivity index is 2.57. The molecule has 0 unspecified atom stereocenters. The maximum absolute atomic E-state index is 13.9. The average molecular weight is 301 g/mol. The van der Waals surface area contributed by atoms with E-state index < -0.39 is 17.6 Å². The smallest absolute Gasteiger partial charge is 0.382 e. The zero-order chi connectivity index (χ0) is 15.8. The molecule has 0 bridgehead atoms. The number of nitrogen functional groups attached to an aromatic ring is 1. The first-order valence-electron chi connectivity index (χ1n) is 6.40. The highest BCUT2D eigenvalue weighted by atomic mass is 19.4. The number of rotatable bonds is 3. The third-order valence-electron chi connectivity index (χ3n) is 3.07. The van der Waals surface area contributed by atoms with Crippen LogP contribution in [0, 0.1) is 11.7 Å². The Labute approximate surface area is 119 Å². The Kier molecular flexibility index (Phi) is 3.93. The van der Waals surface area contributed by atoms with Crippen molar-refractivity contribution in [3.05, 3.63) is 35.1 Å². The maximum Gasteiger partial charge on any atom is 0.416 e. The minimum Gasteiger partial charge on any atom is -0.382 e. The van der Waals surface area contributed by atoms with E-state index in [9.17, 15) is 17.6 Å². The van der Waals surface area contributed by atoms with Gasteiger partial charge < -0.3 is 5.73 Å². The number of anilines is 1. The van der Waals surface area contributed by atoms with Gasteiger partial charge in [-0.25, -0.2) is 4.39 Å². The second kappa shape index (κ2) is 5.38. The molecule has 0 aliphatic rings. The molecular formula is C14H15F4N3. The molecule has 0 aliphatic heterocycles. The van der Waals surface area contributed by atoms with E-state index in [4.69, 9.17) is 5.73 Å². The molecule has 0 saturated carbocycles.